The molecular formula is C35H70. The molecular weight excluding hydrogens is 420 g/mol. The maximum absolute atomic E-state index is 2.63. The van der Waals surface area contributed by atoms with Gasteiger partial charge in [0.15, 0.2) is 0 Å². The fourth-order valence-corrected chi connectivity index (χ4v) is 7.65. The van der Waals surface area contributed by atoms with Gasteiger partial charge in [-0.25, -0.2) is 0 Å². The average Bonchev–Trinajstić information content (AvgIpc) is 3.38. The van der Waals surface area contributed by atoms with Gasteiger partial charge in [0.1, 0.15) is 0 Å². The summed E-state index contributed by atoms with van der Waals surface area (Å²) in [6.07, 6.45) is 19.9. The lowest BCUT2D eigenvalue weighted by atomic mass is 9.68. The summed E-state index contributed by atoms with van der Waals surface area (Å²) in [4.78, 5) is 0. The molecule has 2 aliphatic rings. The molecule has 210 valence electrons. The first-order valence-corrected chi connectivity index (χ1v) is 16.4. The van der Waals surface area contributed by atoms with Crippen LogP contribution in [0.2, 0.25) is 0 Å². The second-order valence-electron chi connectivity index (χ2n) is 12.3. The molecule has 0 aromatic carbocycles. The van der Waals surface area contributed by atoms with E-state index in [2.05, 4.69) is 61.5 Å². The van der Waals surface area contributed by atoms with Crippen molar-refractivity contribution in [3.05, 3.63) is 11.6 Å². The molecule has 0 amide bonds. The Labute approximate surface area is 224 Å². The topological polar surface area (TPSA) is 0 Å². The molecule has 35 heavy (non-hydrogen) atoms. The van der Waals surface area contributed by atoms with E-state index in [9.17, 15) is 0 Å². The maximum atomic E-state index is 2.63. The van der Waals surface area contributed by atoms with Gasteiger partial charge in [-0.15, -0.1) is 0 Å². The van der Waals surface area contributed by atoms with Gasteiger partial charge in [0.2, 0.25) is 0 Å². The largest absolute Gasteiger partial charge is 0.0882 e. The smallest absolute Gasteiger partial charge is 0.0232 e. The second-order valence-corrected chi connectivity index (χ2v) is 12.3. The third-order valence-corrected chi connectivity index (χ3v) is 10.1. The van der Waals surface area contributed by atoms with E-state index in [1.165, 1.54) is 70.6 Å². The Morgan fingerprint density at radius 2 is 1.23 bits per heavy atom. The Balaban J connectivity index is 0.00000274. The zero-order valence-corrected chi connectivity index (χ0v) is 26.8. The van der Waals surface area contributed by atoms with Crippen LogP contribution in [0.5, 0.6) is 0 Å². The van der Waals surface area contributed by atoms with E-state index in [4.69, 9.17) is 0 Å². The molecule has 0 radical (unpaired) electrons. The minimum Gasteiger partial charge on any atom is -0.0882 e. The molecule has 0 aromatic rings. The minimum atomic E-state index is 0.784. The summed E-state index contributed by atoms with van der Waals surface area (Å²) in [5.41, 5.74) is 1.67. The van der Waals surface area contributed by atoms with Gasteiger partial charge in [-0.3, -0.25) is 0 Å². The first-order valence-electron chi connectivity index (χ1n) is 16.4. The summed E-state index contributed by atoms with van der Waals surface area (Å²) < 4.78 is 0. The first-order chi connectivity index (χ1) is 16.8. The van der Waals surface area contributed by atoms with E-state index >= 15 is 0 Å². The Morgan fingerprint density at radius 3 is 1.71 bits per heavy atom. The lowest BCUT2D eigenvalue weighted by molar-refractivity contribution is 0.134. The van der Waals surface area contributed by atoms with Crippen molar-refractivity contribution < 1.29 is 0 Å². The summed E-state index contributed by atoms with van der Waals surface area (Å²) in [5.74, 6) is 8.62. The minimum absolute atomic E-state index is 0.784. The van der Waals surface area contributed by atoms with Crippen LogP contribution in [0.15, 0.2) is 11.6 Å². The maximum Gasteiger partial charge on any atom is -0.0232 e. The molecule has 0 heteroatoms. The van der Waals surface area contributed by atoms with Gasteiger partial charge < -0.3 is 0 Å². The lowest BCUT2D eigenvalue weighted by Crippen LogP contribution is -2.27. The molecule has 0 N–H and O–H groups in total. The Morgan fingerprint density at radius 1 is 0.714 bits per heavy atom. The molecule has 6 atom stereocenters. The zero-order chi connectivity index (χ0) is 27.0. The normalized spacial score (nSPS) is 28.3. The number of rotatable bonds is 12. The second kappa shape index (κ2) is 19.8. The van der Waals surface area contributed by atoms with Crippen molar-refractivity contribution in [1.82, 2.24) is 0 Å². The number of hydrogen-bond donors (Lipinski definition) is 0. The zero-order valence-electron chi connectivity index (χ0n) is 26.8. The van der Waals surface area contributed by atoms with Crippen molar-refractivity contribution in [2.24, 2.45) is 53.3 Å². The predicted octanol–water partition coefficient (Wildman–Crippen LogP) is 12.4. The summed E-state index contributed by atoms with van der Waals surface area (Å²) in [5, 5.41) is 0. The molecule has 0 heterocycles. The highest BCUT2D eigenvalue weighted by Gasteiger charge is 2.37. The van der Waals surface area contributed by atoms with Crippen LogP contribution in [0.4, 0.5) is 0 Å². The van der Waals surface area contributed by atoms with Crippen LogP contribution < -0.4 is 0 Å². The van der Waals surface area contributed by atoms with Crippen molar-refractivity contribution in [2.75, 3.05) is 0 Å². The third-order valence-electron chi connectivity index (χ3n) is 10.1. The SMILES string of the molecule is C/C=C(\CC)C(C)CCC(C)C1CCC(C(C)C2CCC(C(CC)CC(C)C)C2)CC1.CC.CC. The Kier molecular flexibility index (Phi) is 19.7. The summed E-state index contributed by atoms with van der Waals surface area (Å²) in [6, 6.07) is 0. The van der Waals surface area contributed by atoms with E-state index in [-0.39, 0.29) is 0 Å². The van der Waals surface area contributed by atoms with Gasteiger partial charge in [0.05, 0.1) is 0 Å². The van der Waals surface area contributed by atoms with Crippen molar-refractivity contribution in [2.45, 2.75) is 160 Å². The standard InChI is InChI=1S/C31H58.2C2H6/c1-9-26(10-2)23(6)12-13-24(7)28-14-16-29(17-15-28)25(8)30-18-19-31(21-30)27(11-3)20-22(4)5;2*1-2/h9,22-25,27-31H,10-21H2,1-8H3;2*1-2H3/b26-9+;;. The Hall–Kier alpha value is -0.260. The van der Waals surface area contributed by atoms with Gasteiger partial charge in [-0.05, 0) is 131 Å². The van der Waals surface area contributed by atoms with E-state index in [1.54, 1.807) is 12.0 Å². The van der Waals surface area contributed by atoms with Crippen LogP contribution in [-0.4, -0.2) is 0 Å². The lowest BCUT2D eigenvalue weighted by Gasteiger charge is -2.37. The van der Waals surface area contributed by atoms with Crippen molar-refractivity contribution >= 4 is 0 Å². The highest BCUT2D eigenvalue weighted by molar-refractivity contribution is 5.03. The average molecular weight is 491 g/mol. The highest BCUT2D eigenvalue weighted by Crippen LogP contribution is 2.47. The molecule has 2 fully saturated rings. The van der Waals surface area contributed by atoms with Gasteiger partial charge in [0.25, 0.3) is 0 Å². The predicted molar refractivity (Wildman–Crippen MR) is 163 cm³/mol. The molecule has 2 rings (SSSR count). The van der Waals surface area contributed by atoms with E-state index in [0.29, 0.717) is 0 Å². The quantitative estimate of drug-likeness (QED) is 0.238. The highest BCUT2D eigenvalue weighted by atomic mass is 14.4. The summed E-state index contributed by atoms with van der Waals surface area (Å²) in [7, 11) is 0. The van der Waals surface area contributed by atoms with Crippen LogP contribution in [0.3, 0.4) is 0 Å². The molecule has 0 bridgehead atoms. The fraction of sp³-hybridized carbons (Fsp3) is 0.943. The number of hydrogen-bond acceptors (Lipinski definition) is 0. The Bertz CT molecular complexity index is 506. The van der Waals surface area contributed by atoms with Crippen molar-refractivity contribution in [3.8, 4) is 0 Å². The number of allylic oxidation sites excluding steroid dienone is 2. The van der Waals surface area contributed by atoms with Crippen LogP contribution in [0, 0.1) is 53.3 Å². The molecule has 0 aromatic heterocycles. The molecule has 0 saturated heterocycles. The van der Waals surface area contributed by atoms with E-state index < -0.39 is 0 Å². The molecule has 2 aliphatic carbocycles. The fourth-order valence-electron chi connectivity index (χ4n) is 7.65. The van der Waals surface area contributed by atoms with E-state index in [0.717, 1.165) is 53.3 Å². The van der Waals surface area contributed by atoms with Gasteiger partial charge in [-0.2, -0.15) is 0 Å². The van der Waals surface area contributed by atoms with Gasteiger partial charge in [-0.1, -0.05) is 94.2 Å². The third kappa shape index (κ3) is 11.8. The molecule has 0 aliphatic heterocycles. The van der Waals surface area contributed by atoms with E-state index in [1.807, 2.05) is 27.7 Å². The monoisotopic (exact) mass is 491 g/mol. The summed E-state index contributed by atoms with van der Waals surface area (Å²) in [6.45, 7) is 27.5. The van der Waals surface area contributed by atoms with Crippen LogP contribution >= 0.6 is 0 Å². The van der Waals surface area contributed by atoms with Crippen LogP contribution in [0.1, 0.15) is 160 Å². The van der Waals surface area contributed by atoms with Crippen LogP contribution in [-0.2, 0) is 0 Å². The van der Waals surface area contributed by atoms with Crippen molar-refractivity contribution in [1.29, 1.82) is 0 Å². The molecule has 2 saturated carbocycles. The molecule has 6 unspecified atom stereocenters. The molecule has 0 nitrogen and oxygen atoms in total. The molecule has 0 spiro atoms. The van der Waals surface area contributed by atoms with Gasteiger partial charge in [0, 0.05) is 0 Å². The van der Waals surface area contributed by atoms with Gasteiger partial charge >= 0.3 is 0 Å². The van der Waals surface area contributed by atoms with Crippen molar-refractivity contribution in [3.63, 3.8) is 0 Å². The van der Waals surface area contributed by atoms with Crippen LogP contribution in [0.25, 0.3) is 0 Å². The first kappa shape index (κ1) is 34.7. The summed E-state index contributed by atoms with van der Waals surface area (Å²) >= 11 is 0.